The minimum absolute atomic E-state index is 0.799. The van der Waals surface area contributed by atoms with E-state index in [0.29, 0.717) is 0 Å². The molecule has 1 aromatic heterocycles. The van der Waals surface area contributed by atoms with Crippen LogP contribution in [0, 0.1) is 13.8 Å². The SMILES string of the molecule is Cc1ccc(Nc2ccnc(N3CCN(Cc4ccccc4)CC3)n2)cc1C. The molecule has 4 rings (SSSR count). The highest BCUT2D eigenvalue weighted by atomic mass is 15.3. The second kappa shape index (κ2) is 8.40. The van der Waals surface area contributed by atoms with Crippen molar-refractivity contribution in [1.82, 2.24) is 14.9 Å². The predicted molar refractivity (Wildman–Crippen MR) is 115 cm³/mol. The largest absolute Gasteiger partial charge is 0.340 e. The number of hydrogen-bond acceptors (Lipinski definition) is 5. The van der Waals surface area contributed by atoms with Crippen LogP contribution in [-0.2, 0) is 6.54 Å². The number of rotatable bonds is 5. The third kappa shape index (κ3) is 4.49. The molecule has 2 heterocycles. The number of nitrogens with zero attached hydrogens (tertiary/aromatic N) is 4. The molecule has 1 N–H and O–H groups in total. The summed E-state index contributed by atoms with van der Waals surface area (Å²) in [6.07, 6.45) is 1.84. The van der Waals surface area contributed by atoms with Crippen molar-refractivity contribution in [3.05, 3.63) is 77.5 Å². The molecule has 0 amide bonds. The van der Waals surface area contributed by atoms with Crippen LogP contribution >= 0.6 is 0 Å². The summed E-state index contributed by atoms with van der Waals surface area (Å²) in [5.74, 6) is 1.63. The second-order valence-corrected chi connectivity index (χ2v) is 7.41. The lowest BCUT2D eigenvalue weighted by Crippen LogP contribution is -2.46. The predicted octanol–water partition coefficient (Wildman–Crippen LogP) is 4.16. The van der Waals surface area contributed by atoms with E-state index in [1.807, 2.05) is 12.3 Å². The summed E-state index contributed by atoms with van der Waals surface area (Å²) in [7, 11) is 0. The van der Waals surface area contributed by atoms with Crippen LogP contribution in [-0.4, -0.2) is 41.0 Å². The molecular formula is C23H27N5. The summed E-state index contributed by atoms with van der Waals surface area (Å²) < 4.78 is 0. The smallest absolute Gasteiger partial charge is 0.227 e. The molecule has 5 nitrogen and oxygen atoms in total. The van der Waals surface area contributed by atoms with Crippen LogP contribution in [0.5, 0.6) is 0 Å². The van der Waals surface area contributed by atoms with E-state index in [1.54, 1.807) is 0 Å². The van der Waals surface area contributed by atoms with Crippen molar-refractivity contribution in [2.45, 2.75) is 20.4 Å². The second-order valence-electron chi connectivity index (χ2n) is 7.41. The van der Waals surface area contributed by atoms with Gasteiger partial charge in [0.05, 0.1) is 0 Å². The van der Waals surface area contributed by atoms with Crippen LogP contribution in [0.1, 0.15) is 16.7 Å². The number of anilines is 3. The molecule has 1 fully saturated rings. The first kappa shape index (κ1) is 18.4. The Kier molecular flexibility index (Phi) is 5.53. The molecule has 0 saturated carbocycles. The van der Waals surface area contributed by atoms with Gasteiger partial charge in [-0.3, -0.25) is 4.90 Å². The van der Waals surface area contributed by atoms with Crippen molar-refractivity contribution in [2.24, 2.45) is 0 Å². The van der Waals surface area contributed by atoms with E-state index in [0.717, 1.165) is 50.2 Å². The first-order valence-electron chi connectivity index (χ1n) is 9.86. The molecule has 0 aliphatic carbocycles. The quantitative estimate of drug-likeness (QED) is 0.727. The Hall–Kier alpha value is -2.92. The molecule has 0 atom stereocenters. The van der Waals surface area contributed by atoms with Crippen molar-refractivity contribution < 1.29 is 0 Å². The van der Waals surface area contributed by atoms with Crippen LogP contribution in [0.2, 0.25) is 0 Å². The van der Waals surface area contributed by atoms with Crippen molar-refractivity contribution >= 4 is 17.5 Å². The third-order valence-corrected chi connectivity index (χ3v) is 5.33. The summed E-state index contributed by atoms with van der Waals surface area (Å²) in [5.41, 5.74) is 4.99. The normalized spacial score (nSPS) is 14.9. The zero-order valence-electron chi connectivity index (χ0n) is 16.6. The Morgan fingerprint density at radius 1 is 0.893 bits per heavy atom. The van der Waals surface area contributed by atoms with E-state index in [4.69, 9.17) is 4.98 Å². The zero-order valence-corrected chi connectivity index (χ0v) is 16.6. The van der Waals surface area contributed by atoms with E-state index in [1.165, 1.54) is 16.7 Å². The highest BCUT2D eigenvalue weighted by Gasteiger charge is 2.19. The monoisotopic (exact) mass is 373 g/mol. The van der Waals surface area contributed by atoms with Crippen molar-refractivity contribution in [1.29, 1.82) is 0 Å². The highest BCUT2D eigenvalue weighted by Crippen LogP contribution is 2.20. The molecule has 0 radical (unpaired) electrons. The van der Waals surface area contributed by atoms with Gasteiger partial charge < -0.3 is 10.2 Å². The lowest BCUT2D eigenvalue weighted by Gasteiger charge is -2.34. The van der Waals surface area contributed by atoms with Gasteiger partial charge in [0.25, 0.3) is 0 Å². The lowest BCUT2D eigenvalue weighted by atomic mass is 10.1. The van der Waals surface area contributed by atoms with Crippen LogP contribution < -0.4 is 10.2 Å². The molecule has 0 spiro atoms. The lowest BCUT2D eigenvalue weighted by molar-refractivity contribution is 0.248. The summed E-state index contributed by atoms with van der Waals surface area (Å²) in [5, 5.41) is 3.40. The fourth-order valence-corrected chi connectivity index (χ4v) is 3.49. The topological polar surface area (TPSA) is 44.3 Å². The van der Waals surface area contributed by atoms with Gasteiger partial charge in [-0.1, -0.05) is 36.4 Å². The van der Waals surface area contributed by atoms with Gasteiger partial charge >= 0.3 is 0 Å². The number of piperazine rings is 1. The summed E-state index contributed by atoms with van der Waals surface area (Å²) in [6.45, 7) is 9.18. The van der Waals surface area contributed by atoms with E-state index in [-0.39, 0.29) is 0 Å². The fourth-order valence-electron chi connectivity index (χ4n) is 3.49. The highest BCUT2D eigenvalue weighted by molar-refractivity contribution is 5.58. The Morgan fingerprint density at radius 3 is 2.43 bits per heavy atom. The van der Waals surface area contributed by atoms with Crippen molar-refractivity contribution in [2.75, 3.05) is 36.4 Å². The van der Waals surface area contributed by atoms with Crippen LogP contribution in [0.4, 0.5) is 17.5 Å². The molecule has 1 aliphatic rings. The average Bonchev–Trinajstić information content (AvgIpc) is 2.72. The minimum Gasteiger partial charge on any atom is -0.340 e. The van der Waals surface area contributed by atoms with Crippen molar-refractivity contribution in [3.63, 3.8) is 0 Å². The average molecular weight is 374 g/mol. The summed E-state index contributed by atoms with van der Waals surface area (Å²) in [4.78, 5) is 14.0. The summed E-state index contributed by atoms with van der Waals surface area (Å²) in [6, 6.07) is 19.0. The molecule has 3 aromatic rings. The van der Waals surface area contributed by atoms with Gasteiger partial charge in [-0.2, -0.15) is 4.98 Å². The molecule has 0 unspecified atom stereocenters. The van der Waals surface area contributed by atoms with Crippen molar-refractivity contribution in [3.8, 4) is 0 Å². The number of hydrogen-bond donors (Lipinski definition) is 1. The minimum atomic E-state index is 0.799. The molecule has 28 heavy (non-hydrogen) atoms. The molecule has 0 bridgehead atoms. The number of benzene rings is 2. The first-order valence-corrected chi connectivity index (χ1v) is 9.86. The van der Waals surface area contributed by atoms with Gasteiger partial charge in [-0.05, 0) is 48.7 Å². The Balaban J connectivity index is 1.37. The molecule has 144 valence electrons. The Bertz CT molecular complexity index is 917. The third-order valence-electron chi connectivity index (χ3n) is 5.33. The van der Waals surface area contributed by atoms with E-state index < -0.39 is 0 Å². The summed E-state index contributed by atoms with van der Waals surface area (Å²) >= 11 is 0. The maximum atomic E-state index is 4.74. The van der Waals surface area contributed by atoms with Crippen LogP contribution in [0.25, 0.3) is 0 Å². The standard InChI is InChI=1S/C23H27N5/c1-18-8-9-21(16-19(18)2)25-22-10-11-24-23(26-22)28-14-12-27(13-15-28)17-20-6-4-3-5-7-20/h3-11,16H,12-15,17H2,1-2H3,(H,24,25,26). The maximum absolute atomic E-state index is 4.74. The molecule has 1 saturated heterocycles. The zero-order chi connectivity index (χ0) is 19.3. The fraction of sp³-hybridized carbons (Fsp3) is 0.304. The number of aryl methyl sites for hydroxylation is 2. The molecule has 2 aromatic carbocycles. The maximum Gasteiger partial charge on any atom is 0.227 e. The van der Waals surface area contributed by atoms with E-state index in [9.17, 15) is 0 Å². The van der Waals surface area contributed by atoms with Gasteiger partial charge in [0.2, 0.25) is 5.95 Å². The van der Waals surface area contributed by atoms with Gasteiger partial charge in [-0.15, -0.1) is 0 Å². The Morgan fingerprint density at radius 2 is 1.68 bits per heavy atom. The first-order chi connectivity index (χ1) is 13.7. The molecule has 1 aliphatic heterocycles. The number of aromatic nitrogens is 2. The van der Waals surface area contributed by atoms with Gasteiger partial charge in [0, 0.05) is 44.6 Å². The van der Waals surface area contributed by atoms with Gasteiger partial charge in [-0.25, -0.2) is 4.98 Å². The van der Waals surface area contributed by atoms with Crippen LogP contribution in [0.3, 0.4) is 0 Å². The van der Waals surface area contributed by atoms with Gasteiger partial charge in [0.1, 0.15) is 5.82 Å². The van der Waals surface area contributed by atoms with E-state index in [2.05, 4.69) is 82.5 Å². The van der Waals surface area contributed by atoms with Gasteiger partial charge in [0.15, 0.2) is 0 Å². The molecule has 5 heteroatoms. The molecular weight excluding hydrogens is 346 g/mol. The van der Waals surface area contributed by atoms with Crippen LogP contribution in [0.15, 0.2) is 60.8 Å². The number of nitrogens with one attached hydrogen (secondary N) is 1. The van der Waals surface area contributed by atoms with E-state index >= 15 is 0 Å². The Labute approximate surface area is 167 Å².